The van der Waals surface area contributed by atoms with Crippen molar-refractivity contribution in [2.24, 2.45) is 0 Å². The fourth-order valence-electron chi connectivity index (χ4n) is 4.41. The van der Waals surface area contributed by atoms with E-state index in [2.05, 4.69) is 26.9 Å². The van der Waals surface area contributed by atoms with Gasteiger partial charge in [-0.05, 0) is 19.1 Å². The van der Waals surface area contributed by atoms with Gasteiger partial charge in [-0.3, -0.25) is 14.6 Å². The largest absolute Gasteiger partial charge is 0.447 e. The van der Waals surface area contributed by atoms with Crippen LogP contribution in [-0.2, 0) is 11.3 Å². The van der Waals surface area contributed by atoms with Crippen molar-refractivity contribution < 1.29 is 9.21 Å². The fraction of sp³-hybridized carbons (Fsp3) is 0.360. The molecule has 3 heterocycles. The fourth-order valence-corrected chi connectivity index (χ4v) is 5.40. The summed E-state index contributed by atoms with van der Waals surface area (Å²) in [5, 5.41) is 0. The van der Waals surface area contributed by atoms with Gasteiger partial charge in [-0.1, -0.05) is 42.5 Å². The van der Waals surface area contributed by atoms with Crippen molar-refractivity contribution in [3.8, 4) is 11.3 Å². The van der Waals surface area contributed by atoms with Gasteiger partial charge >= 0.3 is 0 Å². The Morgan fingerprint density at radius 3 is 2.59 bits per heavy atom. The van der Waals surface area contributed by atoms with Crippen molar-refractivity contribution in [3.05, 3.63) is 66.8 Å². The van der Waals surface area contributed by atoms with Crippen LogP contribution in [0.2, 0.25) is 0 Å². The number of nitrogens with zero attached hydrogens (tertiary/aromatic N) is 4. The molecule has 1 aromatic heterocycles. The highest BCUT2D eigenvalue weighted by Crippen LogP contribution is 2.35. The van der Waals surface area contributed by atoms with Crippen LogP contribution in [0.4, 0.5) is 5.69 Å². The van der Waals surface area contributed by atoms with E-state index < -0.39 is 0 Å². The zero-order valence-corrected chi connectivity index (χ0v) is 19.1. The van der Waals surface area contributed by atoms with Crippen molar-refractivity contribution >= 4 is 23.4 Å². The van der Waals surface area contributed by atoms with Crippen molar-refractivity contribution in [1.29, 1.82) is 0 Å². The first-order valence-corrected chi connectivity index (χ1v) is 12.2. The molecular weight excluding hydrogens is 420 g/mol. The maximum atomic E-state index is 13.3. The molecule has 2 aliphatic rings. The van der Waals surface area contributed by atoms with E-state index in [9.17, 15) is 4.79 Å². The predicted molar refractivity (Wildman–Crippen MR) is 128 cm³/mol. The summed E-state index contributed by atoms with van der Waals surface area (Å²) in [6.45, 7) is 7.04. The molecule has 0 radical (unpaired) electrons. The number of fused-ring (bicyclic) bond motifs is 1. The van der Waals surface area contributed by atoms with Gasteiger partial charge in [0.25, 0.3) is 0 Å². The molecule has 0 spiro atoms. The van der Waals surface area contributed by atoms with E-state index in [-0.39, 0.29) is 11.9 Å². The number of para-hydroxylation sites is 1. The molecule has 0 bridgehead atoms. The average Bonchev–Trinajstić information content (AvgIpc) is 3.32. The highest BCUT2D eigenvalue weighted by molar-refractivity contribution is 7.99. The Kier molecular flexibility index (Phi) is 6.30. The van der Waals surface area contributed by atoms with Gasteiger partial charge < -0.3 is 9.32 Å². The third kappa shape index (κ3) is 4.46. The van der Waals surface area contributed by atoms with E-state index in [1.165, 1.54) is 4.90 Å². The van der Waals surface area contributed by atoms with Crippen molar-refractivity contribution in [1.82, 2.24) is 14.8 Å². The Morgan fingerprint density at radius 1 is 1.03 bits per heavy atom. The maximum absolute atomic E-state index is 13.3. The van der Waals surface area contributed by atoms with Gasteiger partial charge in [0.15, 0.2) is 0 Å². The van der Waals surface area contributed by atoms with E-state index in [4.69, 9.17) is 4.42 Å². The van der Waals surface area contributed by atoms with Gasteiger partial charge in [-0.15, -0.1) is 11.8 Å². The predicted octanol–water partition coefficient (Wildman–Crippen LogP) is 3.99. The molecule has 0 N–H and O–H groups in total. The normalized spacial score (nSPS) is 18.3. The van der Waals surface area contributed by atoms with Crippen LogP contribution in [0.25, 0.3) is 11.3 Å². The number of aromatic nitrogens is 1. The molecule has 1 atom stereocenters. The van der Waals surface area contributed by atoms with E-state index in [0.717, 1.165) is 61.3 Å². The summed E-state index contributed by atoms with van der Waals surface area (Å²) in [4.78, 5) is 25.8. The maximum Gasteiger partial charge on any atom is 0.244 e. The number of hydrogen-bond acceptors (Lipinski definition) is 6. The molecule has 3 aromatic rings. The summed E-state index contributed by atoms with van der Waals surface area (Å²) in [6.07, 6.45) is 1.73. The molecule has 2 aromatic carbocycles. The molecule has 1 fully saturated rings. The Labute approximate surface area is 193 Å². The van der Waals surface area contributed by atoms with E-state index >= 15 is 0 Å². The Bertz CT molecular complexity index is 1060. The van der Waals surface area contributed by atoms with Gasteiger partial charge in [0.2, 0.25) is 11.8 Å². The molecule has 5 rings (SSSR count). The summed E-state index contributed by atoms with van der Waals surface area (Å²) >= 11 is 1.83. The summed E-state index contributed by atoms with van der Waals surface area (Å²) in [5.41, 5.74) is 2.99. The third-order valence-electron chi connectivity index (χ3n) is 6.29. The second-order valence-corrected chi connectivity index (χ2v) is 9.42. The Hall–Kier alpha value is -2.61. The first kappa shape index (κ1) is 21.2. The van der Waals surface area contributed by atoms with Crippen molar-refractivity contribution in [2.45, 2.75) is 24.4 Å². The lowest BCUT2D eigenvalue weighted by molar-refractivity contribution is -0.124. The number of hydrogen-bond donors (Lipinski definition) is 0. The Balaban J connectivity index is 1.17. The van der Waals surface area contributed by atoms with Crippen LogP contribution in [0.3, 0.4) is 0 Å². The van der Waals surface area contributed by atoms with Gasteiger partial charge in [0.05, 0.1) is 18.3 Å². The second-order valence-electron chi connectivity index (χ2n) is 8.29. The zero-order valence-electron chi connectivity index (χ0n) is 18.3. The lowest BCUT2D eigenvalue weighted by atomic mass is 10.1. The second kappa shape index (κ2) is 9.48. The standard InChI is InChI=1S/C25H28N4O2S/c1-19(25(30)29-15-16-32-23-10-6-5-9-22(23)29)28-13-11-27(12-14-28)17-24-26-21(18-31-24)20-7-3-2-4-8-20/h2-10,18-19H,11-17H2,1H3. The lowest BCUT2D eigenvalue weighted by Crippen LogP contribution is -2.55. The smallest absolute Gasteiger partial charge is 0.244 e. The SMILES string of the molecule is CC(C(=O)N1CCSc2ccccc21)N1CCN(Cc2nc(-c3ccccc3)co2)CC1. The van der Waals surface area contributed by atoms with Crippen molar-refractivity contribution in [3.63, 3.8) is 0 Å². The van der Waals surface area contributed by atoms with Gasteiger partial charge in [-0.2, -0.15) is 0 Å². The topological polar surface area (TPSA) is 52.8 Å². The van der Waals surface area contributed by atoms with E-state index in [1.807, 2.05) is 66.1 Å². The van der Waals surface area contributed by atoms with Crippen LogP contribution in [0, 0.1) is 0 Å². The number of benzene rings is 2. The number of thioether (sulfide) groups is 1. The van der Waals surface area contributed by atoms with Gasteiger partial charge in [-0.25, -0.2) is 4.98 Å². The number of carbonyl (C=O) groups excluding carboxylic acids is 1. The molecule has 1 amide bonds. The number of piperazine rings is 1. The monoisotopic (exact) mass is 448 g/mol. The molecule has 0 saturated carbocycles. The van der Waals surface area contributed by atoms with E-state index in [0.29, 0.717) is 6.54 Å². The number of amides is 1. The minimum absolute atomic E-state index is 0.125. The Morgan fingerprint density at radius 2 is 1.78 bits per heavy atom. The molecule has 1 unspecified atom stereocenters. The quantitative estimate of drug-likeness (QED) is 0.588. The molecule has 166 valence electrons. The lowest BCUT2D eigenvalue weighted by Gasteiger charge is -2.39. The molecule has 0 aliphatic carbocycles. The molecule has 6 nitrogen and oxygen atoms in total. The summed E-state index contributed by atoms with van der Waals surface area (Å²) in [6, 6.07) is 18.2. The van der Waals surface area contributed by atoms with Crippen LogP contribution in [0.1, 0.15) is 12.8 Å². The number of rotatable bonds is 5. The number of anilines is 1. The average molecular weight is 449 g/mol. The summed E-state index contributed by atoms with van der Waals surface area (Å²) in [5.74, 6) is 1.89. The first-order chi connectivity index (χ1) is 15.7. The molecule has 32 heavy (non-hydrogen) atoms. The first-order valence-electron chi connectivity index (χ1n) is 11.2. The third-order valence-corrected chi connectivity index (χ3v) is 7.33. The molecular formula is C25H28N4O2S. The van der Waals surface area contributed by atoms with Crippen LogP contribution in [0.5, 0.6) is 0 Å². The summed E-state index contributed by atoms with van der Waals surface area (Å²) < 4.78 is 5.72. The molecule has 7 heteroatoms. The van der Waals surface area contributed by atoms with Gasteiger partial charge in [0, 0.05) is 48.9 Å². The number of carbonyl (C=O) groups is 1. The minimum atomic E-state index is -0.125. The van der Waals surface area contributed by atoms with E-state index in [1.54, 1.807) is 6.26 Å². The van der Waals surface area contributed by atoms with Crippen LogP contribution < -0.4 is 4.90 Å². The van der Waals surface area contributed by atoms with Gasteiger partial charge in [0.1, 0.15) is 12.0 Å². The minimum Gasteiger partial charge on any atom is -0.447 e. The number of oxazole rings is 1. The highest BCUT2D eigenvalue weighted by Gasteiger charge is 2.31. The zero-order chi connectivity index (χ0) is 21.9. The van der Waals surface area contributed by atoms with Crippen LogP contribution in [-0.4, -0.2) is 65.2 Å². The highest BCUT2D eigenvalue weighted by atomic mass is 32.2. The van der Waals surface area contributed by atoms with Crippen LogP contribution >= 0.6 is 11.8 Å². The molecule has 1 saturated heterocycles. The summed E-state index contributed by atoms with van der Waals surface area (Å²) in [7, 11) is 0. The molecule has 2 aliphatic heterocycles. The van der Waals surface area contributed by atoms with Crippen LogP contribution in [0.15, 0.2) is 70.2 Å². The van der Waals surface area contributed by atoms with Crippen molar-refractivity contribution in [2.75, 3.05) is 43.4 Å².